The van der Waals surface area contributed by atoms with Crippen LogP contribution < -0.4 is 16.0 Å². The fraction of sp³-hybridized carbons (Fsp3) is 0.526. The summed E-state index contributed by atoms with van der Waals surface area (Å²) in [4.78, 5) is 37.6. The van der Waals surface area contributed by atoms with E-state index in [1.54, 1.807) is 0 Å². The summed E-state index contributed by atoms with van der Waals surface area (Å²) in [5, 5.41) is 8.13. The van der Waals surface area contributed by atoms with Crippen LogP contribution in [0.1, 0.15) is 31.2 Å². The maximum absolute atomic E-state index is 12.0. The predicted molar refractivity (Wildman–Crippen MR) is 97.1 cm³/mol. The van der Waals surface area contributed by atoms with Gasteiger partial charge in [-0.2, -0.15) is 0 Å². The summed E-state index contributed by atoms with van der Waals surface area (Å²) < 4.78 is 0. The first-order valence-electron chi connectivity index (χ1n) is 9.24. The highest BCUT2D eigenvalue weighted by Gasteiger charge is 2.31. The molecule has 2 aliphatic rings. The second-order valence-electron chi connectivity index (χ2n) is 7.05. The fourth-order valence-electron chi connectivity index (χ4n) is 3.09. The van der Waals surface area contributed by atoms with Gasteiger partial charge in [0.1, 0.15) is 0 Å². The average molecular weight is 358 g/mol. The molecule has 3 rings (SSSR count). The van der Waals surface area contributed by atoms with Gasteiger partial charge in [-0.1, -0.05) is 30.3 Å². The lowest BCUT2D eigenvalue weighted by Gasteiger charge is -2.31. The monoisotopic (exact) mass is 358 g/mol. The van der Waals surface area contributed by atoms with E-state index in [2.05, 4.69) is 16.0 Å². The SMILES string of the molecule is O=C(CN1CCC(NC(=O)C2CC2)CC1)NC(=O)NCc1ccccc1. The quantitative estimate of drug-likeness (QED) is 0.708. The van der Waals surface area contributed by atoms with Crippen LogP contribution in [0.3, 0.4) is 0 Å². The number of urea groups is 1. The van der Waals surface area contributed by atoms with Crippen LogP contribution in [0.15, 0.2) is 30.3 Å². The van der Waals surface area contributed by atoms with E-state index in [4.69, 9.17) is 0 Å². The molecule has 7 nitrogen and oxygen atoms in total. The number of benzene rings is 1. The Balaban J connectivity index is 1.31. The number of carbonyl (C=O) groups excluding carboxylic acids is 3. The molecule has 1 saturated carbocycles. The van der Waals surface area contributed by atoms with Gasteiger partial charge in [-0.15, -0.1) is 0 Å². The first kappa shape index (κ1) is 18.4. The summed E-state index contributed by atoms with van der Waals surface area (Å²) >= 11 is 0. The van der Waals surface area contributed by atoms with Gasteiger partial charge < -0.3 is 10.6 Å². The first-order chi connectivity index (χ1) is 12.6. The van der Waals surface area contributed by atoms with Crippen LogP contribution in [0.25, 0.3) is 0 Å². The van der Waals surface area contributed by atoms with Crippen molar-refractivity contribution in [1.29, 1.82) is 0 Å². The first-order valence-corrected chi connectivity index (χ1v) is 9.24. The molecule has 0 atom stereocenters. The van der Waals surface area contributed by atoms with E-state index in [1.807, 2.05) is 35.2 Å². The fourth-order valence-corrected chi connectivity index (χ4v) is 3.09. The van der Waals surface area contributed by atoms with Crippen LogP contribution in [0.2, 0.25) is 0 Å². The number of piperidine rings is 1. The third-order valence-electron chi connectivity index (χ3n) is 4.80. The number of hydrogen-bond donors (Lipinski definition) is 3. The van der Waals surface area contributed by atoms with E-state index in [-0.39, 0.29) is 30.3 Å². The van der Waals surface area contributed by atoms with Gasteiger partial charge in [0.15, 0.2) is 0 Å². The van der Waals surface area contributed by atoms with E-state index in [1.165, 1.54) is 0 Å². The molecule has 140 valence electrons. The van der Waals surface area contributed by atoms with Crippen molar-refractivity contribution in [2.24, 2.45) is 5.92 Å². The van der Waals surface area contributed by atoms with Crippen molar-refractivity contribution in [3.8, 4) is 0 Å². The molecule has 1 aromatic carbocycles. The van der Waals surface area contributed by atoms with E-state index >= 15 is 0 Å². The van der Waals surface area contributed by atoms with E-state index in [0.29, 0.717) is 6.54 Å². The number of likely N-dealkylation sites (tertiary alicyclic amines) is 1. The maximum Gasteiger partial charge on any atom is 0.321 e. The van der Waals surface area contributed by atoms with Crippen molar-refractivity contribution in [2.45, 2.75) is 38.3 Å². The highest BCUT2D eigenvalue weighted by Crippen LogP contribution is 2.29. The van der Waals surface area contributed by atoms with Gasteiger partial charge in [0, 0.05) is 31.6 Å². The van der Waals surface area contributed by atoms with Crippen LogP contribution in [-0.2, 0) is 16.1 Å². The molecule has 26 heavy (non-hydrogen) atoms. The maximum atomic E-state index is 12.0. The van der Waals surface area contributed by atoms with Crippen molar-refractivity contribution in [3.63, 3.8) is 0 Å². The summed E-state index contributed by atoms with van der Waals surface area (Å²) in [5.41, 5.74) is 0.977. The zero-order chi connectivity index (χ0) is 18.4. The summed E-state index contributed by atoms with van der Waals surface area (Å²) in [7, 11) is 0. The van der Waals surface area contributed by atoms with Gasteiger partial charge >= 0.3 is 6.03 Å². The minimum absolute atomic E-state index is 0.177. The van der Waals surface area contributed by atoms with Crippen LogP contribution in [0, 0.1) is 5.92 Å². The lowest BCUT2D eigenvalue weighted by molar-refractivity contribution is -0.124. The molecule has 0 aromatic heterocycles. The number of imide groups is 1. The highest BCUT2D eigenvalue weighted by molar-refractivity contribution is 5.95. The Bertz CT molecular complexity index is 637. The minimum atomic E-state index is -0.481. The molecule has 7 heteroatoms. The Hall–Kier alpha value is -2.41. The number of rotatable bonds is 6. The Labute approximate surface area is 153 Å². The van der Waals surface area contributed by atoms with Crippen molar-refractivity contribution in [2.75, 3.05) is 19.6 Å². The second-order valence-corrected chi connectivity index (χ2v) is 7.05. The third-order valence-corrected chi connectivity index (χ3v) is 4.80. The number of nitrogens with zero attached hydrogens (tertiary/aromatic N) is 1. The molecule has 2 fully saturated rings. The smallest absolute Gasteiger partial charge is 0.321 e. The molecule has 3 N–H and O–H groups in total. The summed E-state index contributed by atoms with van der Waals surface area (Å²) in [6.07, 6.45) is 3.70. The van der Waals surface area contributed by atoms with Crippen LogP contribution in [0.4, 0.5) is 4.79 Å². The summed E-state index contributed by atoms with van der Waals surface area (Å²) in [6, 6.07) is 9.26. The van der Waals surface area contributed by atoms with Crippen LogP contribution >= 0.6 is 0 Å². The second kappa shape index (κ2) is 8.80. The minimum Gasteiger partial charge on any atom is -0.353 e. The highest BCUT2D eigenvalue weighted by atomic mass is 16.2. The summed E-state index contributed by atoms with van der Waals surface area (Å²) in [6.45, 7) is 2.07. The van der Waals surface area contributed by atoms with Gasteiger partial charge in [0.05, 0.1) is 6.54 Å². The van der Waals surface area contributed by atoms with Crippen molar-refractivity contribution < 1.29 is 14.4 Å². The van der Waals surface area contributed by atoms with Crippen LogP contribution in [0.5, 0.6) is 0 Å². The predicted octanol–water partition coefficient (Wildman–Crippen LogP) is 1.00. The standard InChI is InChI=1S/C19H26N4O3/c24-17(22-19(26)20-12-14-4-2-1-3-5-14)13-23-10-8-16(9-11-23)21-18(25)15-6-7-15/h1-5,15-16H,6-13H2,(H,21,25)(H2,20,22,24,26). The van der Waals surface area contributed by atoms with E-state index in [9.17, 15) is 14.4 Å². The molecule has 1 saturated heterocycles. The van der Waals surface area contributed by atoms with Gasteiger partial charge in [0.25, 0.3) is 0 Å². The molecule has 0 spiro atoms. The van der Waals surface area contributed by atoms with Gasteiger partial charge in [-0.3, -0.25) is 19.8 Å². The molecule has 0 unspecified atom stereocenters. The van der Waals surface area contributed by atoms with Gasteiger partial charge in [-0.05, 0) is 31.2 Å². The summed E-state index contributed by atoms with van der Waals surface area (Å²) in [5.74, 6) is 0.0977. The molecular weight excluding hydrogens is 332 g/mol. The number of carbonyl (C=O) groups is 3. The molecule has 0 radical (unpaired) electrons. The van der Waals surface area contributed by atoms with Crippen molar-refractivity contribution in [1.82, 2.24) is 20.9 Å². The van der Waals surface area contributed by atoms with Crippen molar-refractivity contribution >= 4 is 17.8 Å². The number of hydrogen-bond acceptors (Lipinski definition) is 4. The lowest BCUT2D eigenvalue weighted by atomic mass is 10.0. The molecular formula is C19H26N4O3. The lowest BCUT2D eigenvalue weighted by Crippen LogP contribution is -2.49. The molecule has 1 heterocycles. The topological polar surface area (TPSA) is 90.5 Å². The molecule has 1 aliphatic heterocycles. The Morgan fingerprint density at radius 1 is 1.00 bits per heavy atom. The molecule has 4 amide bonds. The van der Waals surface area contributed by atoms with E-state index in [0.717, 1.165) is 44.3 Å². The van der Waals surface area contributed by atoms with E-state index < -0.39 is 6.03 Å². The molecule has 1 aliphatic carbocycles. The van der Waals surface area contributed by atoms with Crippen molar-refractivity contribution in [3.05, 3.63) is 35.9 Å². The van der Waals surface area contributed by atoms with Crippen LogP contribution in [-0.4, -0.2) is 48.4 Å². The largest absolute Gasteiger partial charge is 0.353 e. The normalized spacial score (nSPS) is 18.2. The zero-order valence-corrected chi connectivity index (χ0v) is 14.9. The number of amides is 4. The van der Waals surface area contributed by atoms with Gasteiger partial charge in [0.2, 0.25) is 11.8 Å². The third kappa shape index (κ3) is 5.84. The molecule has 0 bridgehead atoms. The molecule has 1 aromatic rings. The number of nitrogens with one attached hydrogen (secondary N) is 3. The van der Waals surface area contributed by atoms with Gasteiger partial charge in [-0.25, -0.2) is 4.79 Å². The Kier molecular flexibility index (Phi) is 6.22. The average Bonchev–Trinajstić information content (AvgIpc) is 3.48. The zero-order valence-electron chi connectivity index (χ0n) is 14.9. The Morgan fingerprint density at radius 3 is 2.35 bits per heavy atom. The Morgan fingerprint density at radius 2 is 1.69 bits per heavy atom.